The van der Waals surface area contributed by atoms with Gasteiger partial charge in [-0.05, 0) is 49.7 Å². The summed E-state index contributed by atoms with van der Waals surface area (Å²) in [5.41, 5.74) is 4.30. The lowest BCUT2D eigenvalue weighted by Crippen LogP contribution is -2.34. The lowest BCUT2D eigenvalue weighted by molar-refractivity contribution is 0.0964. The van der Waals surface area contributed by atoms with Crippen LogP contribution in [0, 0.1) is 0 Å². The number of nitrogens with zero attached hydrogens (tertiary/aromatic N) is 5. The van der Waals surface area contributed by atoms with E-state index in [9.17, 15) is 4.79 Å². The first kappa shape index (κ1) is 26.5. The largest absolute Gasteiger partial charge is 0.369 e. The molecule has 2 atom stereocenters. The molecule has 0 saturated carbocycles. The second kappa shape index (κ2) is 12.2. The van der Waals surface area contributed by atoms with E-state index in [4.69, 9.17) is 0 Å². The van der Waals surface area contributed by atoms with E-state index in [0.717, 1.165) is 52.4 Å². The van der Waals surface area contributed by atoms with Crippen LogP contribution >= 0.6 is 0 Å². The number of amides is 1. The van der Waals surface area contributed by atoms with Gasteiger partial charge in [0.15, 0.2) is 0 Å². The zero-order chi connectivity index (χ0) is 27.2. The highest BCUT2D eigenvalue weighted by molar-refractivity contribution is 6.06. The van der Waals surface area contributed by atoms with Gasteiger partial charge in [0.2, 0.25) is 0 Å². The summed E-state index contributed by atoms with van der Waals surface area (Å²) in [6.07, 6.45) is 7.63. The molecule has 202 valence electrons. The molecule has 4 aromatic rings. The summed E-state index contributed by atoms with van der Waals surface area (Å²) < 4.78 is 0. The number of carbonyl (C=O) groups is 1. The molecule has 1 amide bonds. The number of likely N-dealkylation sites (tertiary alicyclic amines) is 1. The number of fused-ring (bicyclic) bond motifs is 1. The number of benzene rings is 1. The van der Waals surface area contributed by atoms with Crippen molar-refractivity contribution in [3.63, 3.8) is 0 Å². The Morgan fingerprint density at radius 3 is 2.77 bits per heavy atom. The van der Waals surface area contributed by atoms with E-state index >= 15 is 0 Å². The van der Waals surface area contributed by atoms with Gasteiger partial charge < -0.3 is 16.0 Å². The van der Waals surface area contributed by atoms with Gasteiger partial charge in [0.05, 0.1) is 16.8 Å². The Kier molecular flexibility index (Phi) is 8.27. The minimum Gasteiger partial charge on any atom is -0.369 e. The Labute approximate surface area is 229 Å². The van der Waals surface area contributed by atoms with E-state index in [-0.39, 0.29) is 11.8 Å². The van der Waals surface area contributed by atoms with Crippen molar-refractivity contribution in [2.24, 2.45) is 0 Å². The van der Waals surface area contributed by atoms with Crippen LogP contribution in [0.15, 0.2) is 61.2 Å². The highest BCUT2D eigenvalue weighted by atomic mass is 16.1. The van der Waals surface area contributed by atoms with E-state index < -0.39 is 0 Å². The summed E-state index contributed by atoms with van der Waals surface area (Å²) in [7, 11) is 1.64. The van der Waals surface area contributed by atoms with Gasteiger partial charge in [-0.25, -0.2) is 15.0 Å². The molecule has 4 heterocycles. The van der Waals surface area contributed by atoms with Crippen molar-refractivity contribution in [1.82, 2.24) is 30.2 Å². The van der Waals surface area contributed by atoms with Gasteiger partial charge in [-0.2, -0.15) is 0 Å². The highest BCUT2D eigenvalue weighted by Crippen LogP contribution is 2.27. The standard InChI is InChI=1S/C30H36N8O/c1-4-38-14-6-7-22(38)18-35-27-11-10-21(17-34-27)26-15-28(37-19-36-26)33-16-20(2)23-8-5-9-24-25(30(39)31-3)12-13-32-29(23)24/h5,8-13,15,17,19-20,22H,4,6-7,14,16,18H2,1-3H3,(H,31,39)(H,34,35)(H,33,36,37)/t20-,22-/m1/s1. The molecular weight excluding hydrogens is 488 g/mol. The highest BCUT2D eigenvalue weighted by Gasteiger charge is 2.22. The normalized spacial score (nSPS) is 16.2. The molecular formula is C30H36N8O. The first-order valence-corrected chi connectivity index (χ1v) is 13.7. The van der Waals surface area contributed by atoms with Crippen molar-refractivity contribution in [2.75, 3.05) is 43.9 Å². The number of hydrogen-bond donors (Lipinski definition) is 3. The number of rotatable bonds is 10. The van der Waals surface area contributed by atoms with Gasteiger partial charge in [0, 0.05) is 61.5 Å². The quantitative estimate of drug-likeness (QED) is 0.277. The maximum Gasteiger partial charge on any atom is 0.251 e. The number of likely N-dealkylation sites (N-methyl/N-ethyl adjacent to an activating group) is 1. The van der Waals surface area contributed by atoms with Crippen molar-refractivity contribution in [2.45, 2.75) is 38.6 Å². The van der Waals surface area contributed by atoms with E-state index in [1.807, 2.05) is 36.5 Å². The van der Waals surface area contributed by atoms with Gasteiger partial charge in [-0.3, -0.25) is 14.7 Å². The maximum absolute atomic E-state index is 12.3. The number of nitrogens with one attached hydrogen (secondary N) is 3. The van der Waals surface area contributed by atoms with Gasteiger partial charge in [-0.15, -0.1) is 0 Å². The summed E-state index contributed by atoms with van der Waals surface area (Å²) in [6.45, 7) is 8.22. The van der Waals surface area contributed by atoms with Crippen LogP contribution in [0.5, 0.6) is 0 Å². The number of aromatic nitrogens is 4. The molecule has 1 saturated heterocycles. The van der Waals surface area contributed by atoms with Crippen LogP contribution in [0.3, 0.4) is 0 Å². The van der Waals surface area contributed by atoms with Crippen LogP contribution in [-0.4, -0.2) is 70.0 Å². The topological polar surface area (TPSA) is 108 Å². The van der Waals surface area contributed by atoms with E-state index in [0.29, 0.717) is 18.2 Å². The SMILES string of the molecule is CCN1CCC[C@@H]1CNc1ccc(-c2cc(NC[C@@H](C)c3cccc4c(C(=O)NC)ccnc34)ncn2)cn1. The number of hydrogen-bond acceptors (Lipinski definition) is 8. The lowest BCUT2D eigenvalue weighted by Gasteiger charge is -2.23. The molecule has 39 heavy (non-hydrogen) atoms. The molecule has 1 aromatic carbocycles. The maximum atomic E-state index is 12.3. The molecule has 9 nitrogen and oxygen atoms in total. The fraction of sp³-hybridized carbons (Fsp3) is 0.367. The zero-order valence-electron chi connectivity index (χ0n) is 22.8. The summed E-state index contributed by atoms with van der Waals surface area (Å²) in [4.78, 5) is 32.9. The Hall–Kier alpha value is -4.11. The molecule has 0 bridgehead atoms. The summed E-state index contributed by atoms with van der Waals surface area (Å²) in [6, 6.07) is 14.3. The van der Waals surface area contributed by atoms with Crippen LogP contribution < -0.4 is 16.0 Å². The van der Waals surface area contributed by atoms with Gasteiger partial charge in [0.25, 0.3) is 5.91 Å². The first-order valence-electron chi connectivity index (χ1n) is 13.7. The second-order valence-corrected chi connectivity index (χ2v) is 9.99. The molecule has 3 N–H and O–H groups in total. The average Bonchev–Trinajstić information content (AvgIpc) is 3.46. The first-order chi connectivity index (χ1) is 19.1. The van der Waals surface area contributed by atoms with Crippen molar-refractivity contribution >= 4 is 28.4 Å². The van der Waals surface area contributed by atoms with Crippen LogP contribution in [0.1, 0.15) is 48.5 Å². The molecule has 5 rings (SSSR count). The summed E-state index contributed by atoms with van der Waals surface area (Å²) >= 11 is 0. The predicted molar refractivity (Wildman–Crippen MR) is 156 cm³/mol. The molecule has 9 heteroatoms. The molecule has 1 aliphatic heterocycles. The Bertz CT molecular complexity index is 1420. The molecule has 1 aliphatic rings. The van der Waals surface area contributed by atoms with Crippen molar-refractivity contribution in [1.29, 1.82) is 0 Å². The van der Waals surface area contributed by atoms with E-state index in [1.54, 1.807) is 25.6 Å². The van der Waals surface area contributed by atoms with Gasteiger partial charge >= 0.3 is 0 Å². The fourth-order valence-corrected chi connectivity index (χ4v) is 5.32. The summed E-state index contributed by atoms with van der Waals surface area (Å²) in [5.74, 6) is 1.64. The van der Waals surface area contributed by atoms with E-state index in [1.165, 1.54) is 19.4 Å². The minimum absolute atomic E-state index is 0.117. The molecule has 1 fully saturated rings. The third kappa shape index (κ3) is 5.98. The minimum atomic E-state index is -0.117. The number of pyridine rings is 2. The molecule has 0 unspecified atom stereocenters. The predicted octanol–water partition coefficient (Wildman–Crippen LogP) is 4.56. The van der Waals surface area contributed by atoms with E-state index in [2.05, 4.69) is 60.7 Å². The molecule has 3 aromatic heterocycles. The lowest BCUT2D eigenvalue weighted by atomic mass is 9.96. The van der Waals surface area contributed by atoms with Crippen LogP contribution in [-0.2, 0) is 0 Å². The Balaban J connectivity index is 1.23. The molecule has 0 aliphatic carbocycles. The fourth-order valence-electron chi connectivity index (χ4n) is 5.32. The van der Waals surface area contributed by atoms with Gasteiger partial charge in [-0.1, -0.05) is 32.0 Å². The average molecular weight is 525 g/mol. The van der Waals surface area contributed by atoms with Gasteiger partial charge in [0.1, 0.15) is 18.0 Å². The van der Waals surface area contributed by atoms with Crippen molar-refractivity contribution < 1.29 is 4.79 Å². The number of anilines is 2. The third-order valence-corrected chi connectivity index (χ3v) is 7.54. The number of para-hydroxylation sites is 1. The summed E-state index contributed by atoms with van der Waals surface area (Å²) in [5, 5.41) is 10.5. The van der Waals surface area contributed by atoms with Crippen LogP contribution in [0.2, 0.25) is 0 Å². The molecule has 0 radical (unpaired) electrons. The number of carbonyl (C=O) groups excluding carboxylic acids is 1. The van der Waals surface area contributed by atoms with Crippen molar-refractivity contribution in [3.8, 4) is 11.3 Å². The van der Waals surface area contributed by atoms with Crippen molar-refractivity contribution in [3.05, 3.63) is 72.3 Å². The second-order valence-electron chi connectivity index (χ2n) is 9.99. The van der Waals surface area contributed by atoms with Crippen LogP contribution in [0.4, 0.5) is 11.6 Å². The smallest absolute Gasteiger partial charge is 0.251 e. The molecule has 0 spiro atoms. The monoisotopic (exact) mass is 524 g/mol. The van der Waals surface area contributed by atoms with Crippen LogP contribution in [0.25, 0.3) is 22.2 Å². The Morgan fingerprint density at radius 2 is 1.97 bits per heavy atom. The zero-order valence-corrected chi connectivity index (χ0v) is 22.8. The third-order valence-electron chi connectivity index (χ3n) is 7.54. The Morgan fingerprint density at radius 1 is 1.08 bits per heavy atom.